The zero-order valence-corrected chi connectivity index (χ0v) is 17.5. The van der Waals surface area contributed by atoms with Crippen LogP contribution in [0.4, 0.5) is 0 Å². The van der Waals surface area contributed by atoms with E-state index in [-0.39, 0.29) is 18.5 Å². The quantitative estimate of drug-likeness (QED) is 0.300. The minimum Gasteiger partial charge on any atom is -0.466 e. The number of ether oxygens (including phenoxy) is 4. The molecule has 0 aromatic carbocycles. The van der Waals surface area contributed by atoms with Crippen molar-refractivity contribution in [1.82, 2.24) is 0 Å². The Balaban J connectivity index is 0. The Morgan fingerprint density at radius 2 is 1.15 bits per heavy atom. The molecule has 0 aromatic rings. The fourth-order valence-electron chi connectivity index (χ4n) is 1.77. The Labute approximate surface area is 164 Å². The molecule has 0 aromatic heterocycles. The molecule has 0 bridgehead atoms. The minimum absolute atomic E-state index is 0.0894. The molecule has 7 heteroatoms. The maximum absolute atomic E-state index is 11.2. The summed E-state index contributed by atoms with van der Waals surface area (Å²) in [5.41, 5.74) is 0. The maximum Gasteiger partial charge on any atom is 0.305 e. The van der Waals surface area contributed by atoms with Crippen LogP contribution < -0.4 is 0 Å². The average molecular weight is 393 g/mol. The van der Waals surface area contributed by atoms with Crippen molar-refractivity contribution in [3.63, 3.8) is 0 Å². The van der Waals surface area contributed by atoms with E-state index in [0.29, 0.717) is 58.7 Å². The summed E-state index contributed by atoms with van der Waals surface area (Å²) in [6, 6.07) is 0. The summed E-state index contributed by atoms with van der Waals surface area (Å²) in [4.78, 5) is 22.5. The fraction of sp³-hybridized carbons (Fsp3) is 0.900. The molecular formula is C20H40O7. The Morgan fingerprint density at radius 1 is 0.667 bits per heavy atom. The van der Waals surface area contributed by atoms with Crippen LogP contribution in [0, 0.1) is 0 Å². The van der Waals surface area contributed by atoms with Gasteiger partial charge in [-0.05, 0) is 32.6 Å². The number of hydrogen-bond acceptors (Lipinski definition) is 7. The molecule has 27 heavy (non-hydrogen) atoms. The van der Waals surface area contributed by atoms with Crippen LogP contribution in [0.2, 0.25) is 0 Å². The highest BCUT2D eigenvalue weighted by Gasteiger charge is 2.05. The normalized spacial score (nSPS) is 10.1. The average Bonchev–Trinajstić information content (AvgIpc) is 2.66. The standard InChI is InChI=1S/C14H26O4.C6H14O3/c1-3-5-11-17-13(15)9-7-8-10-14(16)18-12-6-4-2;1-2-8-5-6-9-4-3-7/h3-12H2,1-2H3;7H,2-6H2,1H3. The summed E-state index contributed by atoms with van der Waals surface area (Å²) in [5.74, 6) is -0.328. The van der Waals surface area contributed by atoms with Crippen LogP contribution in [0.15, 0.2) is 0 Å². The molecule has 0 aliphatic heterocycles. The highest BCUT2D eigenvalue weighted by Crippen LogP contribution is 2.04. The molecule has 0 amide bonds. The smallest absolute Gasteiger partial charge is 0.305 e. The molecule has 162 valence electrons. The first kappa shape index (κ1) is 28.0. The van der Waals surface area contributed by atoms with E-state index in [1.54, 1.807) is 0 Å². The molecule has 0 fully saturated rings. The summed E-state index contributed by atoms with van der Waals surface area (Å²) in [5, 5.41) is 8.26. The second-order valence-electron chi connectivity index (χ2n) is 5.89. The van der Waals surface area contributed by atoms with Gasteiger partial charge in [0.2, 0.25) is 0 Å². The van der Waals surface area contributed by atoms with E-state index in [1.165, 1.54) is 0 Å². The number of carbonyl (C=O) groups is 2. The van der Waals surface area contributed by atoms with E-state index in [4.69, 9.17) is 24.1 Å². The Morgan fingerprint density at radius 3 is 1.56 bits per heavy atom. The second-order valence-corrected chi connectivity index (χ2v) is 5.89. The van der Waals surface area contributed by atoms with Crippen LogP contribution in [0.1, 0.15) is 72.1 Å². The number of carbonyl (C=O) groups excluding carboxylic acids is 2. The molecule has 0 saturated heterocycles. The van der Waals surface area contributed by atoms with E-state index in [1.807, 2.05) is 6.92 Å². The molecule has 0 saturated carbocycles. The van der Waals surface area contributed by atoms with Gasteiger partial charge in [0, 0.05) is 19.4 Å². The van der Waals surface area contributed by atoms with Gasteiger partial charge in [0.15, 0.2) is 0 Å². The molecule has 0 aliphatic carbocycles. The van der Waals surface area contributed by atoms with E-state index in [2.05, 4.69) is 13.8 Å². The molecule has 1 N–H and O–H groups in total. The van der Waals surface area contributed by atoms with Crippen LogP contribution >= 0.6 is 0 Å². The summed E-state index contributed by atoms with van der Waals surface area (Å²) >= 11 is 0. The van der Waals surface area contributed by atoms with Crippen LogP contribution in [-0.2, 0) is 28.5 Å². The van der Waals surface area contributed by atoms with Crippen LogP contribution in [0.3, 0.4) is 0 Å². The molecule has 0 rings (SSSR count). The van der Waals surface area contributed by atoms with Gasteiger partial charge in [-0.1, -0.05) is 26.7 Å². The molecule has 7 nitrogen and oxygen atoms in total. The lowest BCUT2D eigenvalue weighted by molar-refractivity contribution is -0.146. The van der Waals surface area contributed by atoms with Crippen molar-refractivity contribution in [3.8, 4) is 0 Å². The molecule has 0 spiro atoms. The van der Waals surface area contributed by atoms with E-state index in [9.17, 15) is 9.59 Å². The van der Waals surface area contributed by atoms with Gasteiger partial charge in [-0.25, -0.2) is 0 Å². The molecule has 0 unspecified atom stereocenters. The van der Waals surface area contributed by atoms with Crippen molar-refractivity contribution in [2.24, 2.45) is 0 Å². The Kier molecular flexibility index (Phi) is 25.8. The van der Waals surface area contributed by atoms with Gasteiger partial charge in [0.1, 0.15) is 0 Å². The SMILES string of the molecule is CCCCOC(=O)CCCCC(=O)OCCCC.CCOCCOCCO. The zero-order valence-electron chi connectivity index (χ0n) is 17.5. The topological polar surface area (TPSA) is 91.3 Å². The summed E-state index contributed by atoms with van der Waals surface area (Å²) in [7, 11) is 0. The summed E-state index contributed by atoms with van der Waals surface area (Å²) in [6.45, 7) is 9.48. The number of esters is 2. The highest BCUT2D eigenvalue weighted by atomic mass is 16.5. The Hall–Kier alpha value is -1.18. The third-order valence-electron chi connectivity index (χ3n) is 3.35. The van der Waals surface area contributed by atoms with Gasteiger partial charge in [-0.3, -0.25) is 9.59 Å². The summed E-state index contributed by atoms with van der Waals surface area (Å²) in [6.07, 6.45) is 6.04. The van der Waals surface area contributed by atoms with Crippen molar-refractivity contribution >= 4 is 11.9 Å². The van der Waals surface area contributed by atoms with Crippen LogP contribution in [0.25, 0.3) is 0 Å². The summed E-state index contributed by atoms with van der Waals surface area (Å²) < 4.78 is 19.9. The van der Waals surface area contributed by atoms with Gasteiger partial charge in [-0.15, -0.1) is 0 Å². The van der Waals surface area contributed by atoms with Gasteiger partial charge >= 0.3 is 11.9 Å². The number of aliphatic hydroxyl groups is 1. The van der Waals surface area contributed by atoms with Gasteiger partial charge in [-0.2, -0.15) is 0 Å². The molecule has 0 radical (unpaired) electrons. The van der Waals surface area contributed by atoms with Gasteiger partial charge in [0.25, 0.3) is 0 Å². The van der Waals surface area contributed by atoms with Crippen molar-refractivity contribution in [2.45, 2.75) is 72.1 Å². The second kappa shape index (κ2) is 24.8. The van der Waals surface area contributed by atoms with Crippen molar-refractivity contribution in [2.75, 3.05) is 46.2 Å². The zero-order chi connectivity index (χ0) is 20.6. The number of aliphatic hydroxyl groups excluding tert-OH is 1. The lowest BCUT2D eigenvalue weighted by Crippen LogP contribution is -2.07. The van der Waals surface area contributed by atoms with Crippen molar-refractivity contribution in [1.29, 1.82) is 0 Å². The maximum atomic E-state index is 11.2. The number of rotatable bonds is 17. The van der Waals surface area contributed by atoms with E-state index in [0.717, 1.165) is 32.3 Å². The number of hydrogen-bond donors (Lipinski definition) is 1. The first-order chi connectivity index (χ1) is 13.1. The lowest BCUT2D eigenvalue weighted by atomic mass is 10.2. The van der Waals surface area contributed by atoms with E-state index >= 15 is 0 Å². The third kappa shape index (κ3) is 27.1. The molecule has 0 heterocycles. The minimum atomic E-state index is -0.164. The first-order valence-corrected chi connectivity index (χ1v) is 10.2. The molecular weight excluding hydrogens is 352 g/mol. The van der Waals surface area contributed by atoms with Gasteiger partial charge in [0.05, 0.1) is 39.6 Å². The van der Waals surface area contributed by atoms with Crippen LogP contribution in [0.5, 0.6) is 0 Å². The predicted molar refractivity (Wildman–Crippen MR) is 105 cm³/mol. The fourth-order valence-corrected chi connectivity index (χ4v) is 1.77. The van der Waals surface area contributed by atoms with Crippen LogP contribution in [-0.4, -0.2) is 63.3 Å². The molecule has 0 aliphatic rings. The third-order valence-corrected chi connectivity index (χ3v) is 3.35. The van der Waals surface area contributed by atoms with Gasteiger partial charge < -0.3 is 24.1 Å². The van der Waals surface area contributed by atoms with E-state index < -0.39 is 0 Å². The lowest BCUT2D eigenvalue weighted by Gasteiger charge is -2.04. The first-order valence-electron chi connectivity index (χ1n) is 10.2. The molecule has 0 atom stereocenters. The monoisotopic (exact) mass is 392 g/mol. The van der Waals surface area contributed by atoms with Crippen molar-refractivity contribution in [3.05, 3.63) is 0 Å². The Bertz CT molecular complexity index is 291. The predicted octanol–water partition coefficient (Wildman–Crippen LogP) is 3.27. The van der Waals surface area contributed by atoms with Crippen molar-refractivity contribution < 1.29 is 33.6 Å². The number of unbranched alkanes of at least 4 members (excludes halogenated alkanes) is 3. The largest absolute Gasteiger partial charge is 0.466 e. The highest BCUT2D eigenvalue weighted by molar-refractivity contribution is 5.70.